The summed E-state index contributed by atoms with van der Waals surface area (Å²) in [6.45, 7) is 19.5. The van der Waals surface area contributed by atoms with Crippen molar-refractivity contribution in [2.24, 2.45) is 0 Å². The Hall–Kier alpha value is -7.30. The summed E-state index contributed by atoms with van der Waals surface area (Å²) < 4.78 is 13.7. The van der Waals surface area contributed by atoms with Gasteiger partial charge >= 0.3 is 0 Å². The van der Waals surface area contributed by atoms with Crippen LogP contribution in [0.2, 0.25) is 0 Å². The molecule has 308 valence electrons. The Kier molecular flexibility index (Phi) is 8.82. The molecule has 0 saturated heterocycles. The van der Waals surface area contributed by atoms with Crippen LogP contribution in [0.15, 0.2) is 148 Å². The van der Waals surface area contributed by atoms with E-state index >= 15 is 0 Å². The predicted molar refractivity (Wildman–Crippen MR) is 268 cm³/mol. The van der Waals surface area contributed by atoms with Crippen LogP contribution in [0, 0.1) is 62.3 Å². The van der Waals surface area contributed by atoms with Gasteiger partial charge in [-0.2, -0.15) is 0 Å². The highest BCUT2D eigenvalue weighted by Gasteiger charge is 2.22. The number of anilines is 6. The number of furan rings is 2. The summed E-state index contributed by atoms with van der Waals surface area (Å²) in [4.78, 5) is 4.75. The van der Waals surface area contributed by atoms with E-state index in [-0.39, 0.29) is 0 Å². The first kappa shape index (κ1) is 38.6. The molecular weight excluding hydrogens is 769 g/mol. The summed E-state index contributed by atoms with van der Waals surface area (Å²) in [7, 11) is 0. The molecule has 0 spiro atoms. The van der Waals surface area contributed by atoms with Gasteiger partial charge in [0.1, 0.15) is 11.2 Å². The third-order valence-corrected chi connectivity index (χ3v) is 12.6. The van der Waals surface area contributed by atoms with Gasteiger partial charge < -0.3 is 18.6 Å². The van der Waals surface area contributed by atoms with E-state index in [1.165, 1.54) is 50.1 Å². The molecule has 0 saturated carbocycles. The maximum Gasteiger partial charge on any atom is 0.178 e. The van der Waals surface area contributed by atoms with Crippen LogP contribution in [0.3, 0.4) is 0 Å². The molecular formula is C59H50N2O2. The number of hydrogen-bond donors (Lipinski definition) is 0. The van der Waals surface area contributed by atoms with Gasteiger partial charge in [0.15, 0.2) is 11.2 Å². The Balaban J connectivity index is 1.05. The van der Waals surface area contributed by atoms with Gasteiger partial charge in [-0.05, 0) is 237 Å². The highest BCUT2D eigenvalue weighted by molar-refractivity contribution is 6.22. The van der Waals surface area contributed by atoms with E-state index in [0.29, 0.717) is 0 Å². The van der Waals surface area contributed by atoms with Crippen LogP contribution in [0.25, 0.3) is 65.4 Å². The smallest absolute Gasteiger partial charge is 0.178 e. The maximum atomic E-state index is 6.89. The molecule has 0 aliphatic rings. The fraction of sp³-hybridized carbons (Fsp3) is 0.153. The molecule has 0 bridgehead atoms. The zero-order chi connectivity index (χ0) is 43.4. The van der Waals surface area contributed by atoms with Gasteiger partial charge in [0, 0.05) is 55.7 Å². The molecule has 0 aliphatic heterocycles. The van der Waals surface area contributed by atoms with Crippen molar-refractivity contribution in [2.75, 3.05) is 9.80 Å². The summed E-state index contributed by atoms with van der Waals surface area (Å²) in [5, 5.41) is 8.91. The average molecular weight is 819 g/mol. The van der Waals surface area contributed by atoms with Gasteiger partial charge in [0.2, 0.25) is 0 Å². The number of rotatable bonds is 6. The number of fused-ring (bicyclic) bond motifs is 9. The highest BCUT2D eigenvalue weighted by atomic mass is 16.4. The second kappa shape index (κ2) is 14.4. The first-order valence-electron chi connectivity index (χ1n) is 21.9. The van der Waals surface area contributed by atoms with Gasteiger partial charge in [-0.25, -0.2) is 0 Å². The molecule has 9 aromatic carbocycles. The van der Waals surface area contributed by atoms with Gasteiger partial charge in [0.05, 0.1) is 0 Å². The summed E-state index contributed by atoms with van der Waals surface area (Å²) in [5.74, 6) is 0. The van der Waals surface area contributed by atoms with Crippen LogP contribution in [0.4, 0.5) is 34.1 Å². The van der Waals surface area contributed by atoms with E-state index in [9.17, 15) is 0 Å². The van der Waals surface area contributed by atoms with Crippen LogP contribution in [0.1, 0.15) is 50.1 Å². The van der Waals surface area contributed by atoms with Crippen molar-refractivity contribution in [1.82, 2.24) is 0 Å². The van der Waals surface area contributed by atoms with Gasteiger partial charge in [-0.1, -0.05) is 36.4 Å². The second-order valence-electron chi connectivity index (χ2n) is 18.3. The zero-order valence-electron chi connectivity index (χ0n) is 37.5. The van der Waals surface area contributed by atoms with Crippen LogP contribution >= 0.6 is 0 Å². The van der Waals surface area contributed by atoms with E-state index in [1.54, 1.807) is 0 Å². The lowest BCUT2D eigenvalue weighted by molar-refractivity contribution is 0.633. The van der Waals surface area contributed by atoms with Crippen molar-refractivity contribution < 1.29 is 8.83 Å². The van der Waals surface area contributed by atoms with Crippen LogP contribution in [-0.4, -0.2) is 0 Å². The average Bonchev–Trinajstić information content (AvgIpc) is 3.76. The first-order chi connectivity index (χ1) is 30.3. The highest BCUT2D eigenvalue weighted by Crippen LogP contribution is 2.45. The third-order valence-electron chi connectivity index (χ3n) is 12.6. The van der Waals surface area contributed by atoms with Crippen molar-refractivity contribution in [3.63, 3.8) is 0 Å². The fourth-order valence-corrected chi connectivity index (χ4v) is 10.3. The van der Waals surface area contributed by atoms with E-state index in [0.717, 1.165) is 99.5 Å². The lowest BCUT2D eigenvalue weighted by atomic mass is 10.00. The largest absolute Gasteiger partial charge is 0.452 e. The molecule has 4 heteroatoms. The topological polar surface area (TPSA) is 32.8 Å². The molecule has 63 heavy (non-hydrogen) atoms. The summed E-state index contributed by atoms with van der Waals surface area (Å²) in [6, 6.07) is 51.9. The molecule has 0 radical (unpaired) electrons. The molecule has 0 atom stereocenters. The molecule has 0 unspecified atom stereocenters. The summed E-state index contributed by atoms with van der Waals surface area (Å²) >= 11 is 0. The van der Waals surface area contributed by atoms with Gasteiger partial charge in [-0.15, -0.1) is 0 Å². The summed E-state index contributed by atoms with van der Waals surface area (Å²) in [5.41, 5.74) is 21.1. The lowest BCUT2D eigenvalue weighted by Gasteiger charge is -2.27. The van der Waals surface area contributed by atoms with E-state index in [1.807, 2.05) is 0 Å². The van der Waals surface area contributed by atoms with Crippen LogP contribution < -0.4 is 9.80 Å². The van der Waals surface area contributed by atoms with Gasteiger partial charge in [0.25, 0.3) is 0 Å². The van der Waals surface area contributed by atoms with Crippen molar-refractivity contribution in [3.05, 3.63) is 190 Å². The maximum absolute atomic E-state index is 6.89. The number of hydrogen-bond acceptors (Lipinski definition) is 4. The lowest BCUT2D eigenvalue weighted by Crippen LogP contribution is -2.11. The van der Waals surface area contributed by atoms with E-state index in [4.69, 9.17) is 8.83 Å². The molecule has 11 aromatic rings. The molecule has 11 rings (SSSR count). The Morgan fingerprint density at radius 2 is 0.651 bits per heavy atom. The summed E-state index contributed by atoms with van der Waals surface area (Å²) in [6.07, 6.45) is 0. The van der Waals surface area contributed by atoms with Crippen molar-refractivity contribution in [3.8, 4) is 0 Å². The van der Waals surface area contributed by atoms with Crippen LogP contribution in [0.5, 0.6) is 0 Å². The van der Waals surface area contributed by atoms with E-state index in [2.05, 4.69) is 212 Å². The normalized spacial score (nSPS) is 11.9. The monoisotopic (exact) mass is 818 g/mol. The van der Waals surface area contributed by atoms with Crippen molar-refractivity contribution >= 4 is 99.5 Å². The van der Waals surface area contributed by atoms with Crippen molar-refractivity contribution in [2.45, 2.75) is 62.3 Å². The standard InChI is InChI=1S/C59H50N2O2/c1-33-14-34(2)19-48(18-33)60(49-20-35(3)15-36(4)21-49)46-12-10-42-29-52-53-26-41(9)57-54-30-43-11-13-47(28-45(43)32-56(54)63-59(57)58(53)62-55(52)31-44(42)27-46)61(50-22-37(5)16-38(6)23-50)51-24-39(7)17-40(8)25-51/h10-32H,1-9H3. The Bertz CT molecular complexity index is 3510. The molecule has 0 aliphatic carbocycles. The molecule has 2 aromatic heterocycles. The quantitative estimate of drug-likeness (QED) is 0.167. The number of nitrogens with zero attached hydrogens (tertiary/aromatic N) is 2. The molecule has 4 nitrogen and oxygen atoms in total. The predicted octanol–water partition coefficient (Wildman–Crippen LogP) is 17.5. The third kappa shape index (κ3) is 6.69. The first-order valence-corrected chi connectivity index (χ1v) is 21.9. The van der Waals surface area contributed by atoms with E-state index < -0.39 is 0 Å². The molecule has 2 heterocycles. The Morgan fingerprint density at radius 1 is 0.286 bits per heavy atom. The SMILES string of the molecule is Cc1cc(C)cc(N(c2cc(C)cc(C)c2)c2ccc3cc4c(cc3c2)oc2c4cc(C)c3c4cc5ccc(N(c6cc(C)cc(C)c6)c6cc(C)cc(C)c6)cc5cc4oc23)c1. The fourth-order valence-electron chi connectivity index (χ4n) is 10.3. The number of aryl methyl sites for hydroxylation is 9. The molecule has 0 fully saturated rings. The minimum atomic E-state index is 0.782. The Labute approximate surface area is 368 Å². The minimum Gasteiger partial charge on any atom is -0.452 e. The minimum absolute atomic E-state index is 0.782. The van der Waals surface area contributed by atoms with Crippen molar-refractivity contribution in [1.29, 1.82) is 0 Å². The Morgan fingerprint density at radius 3 is 1.06 bits per heavy atom. The van der Waals surface area contributed by atoms with Crippen LogP contribution in [-0.2, 0) is 0 Å². The number of benzene rings is 9. The van der Waals surface area contributed by atoms with Gasteiger partial charge in [-0.3, -0.25) is 0 Å². The zero-order valence-corrected chi connectivity index (χ0v) is 37.5. The second-order valence-corrected chi connectivity index (χ2v) is 18.3. The molecule has 0 N–H and O–H groups in total. The molecule has 0 amide bonds.